The zero-order valence-corrected chi connectivity index (χ0v) is 15.2. The molecular weight excluding hydrogens is 331 g/mol. The molecule has 5 nitrogen and oxygen atoms in total. The largest absolute Gasteiger partial charge is 0.353 e. The lowest BCUT2D eigenvalue weighted by Crippen LogP contribution is -2.38. The maximum absolute atomic E-state index is 14.2. The smallest absolute Gasteiger partial charge is 0.226 e. The van der Waals surface area contributed by atoms with Gasteiger partial charge < -0.3 is 9.80 Å². The molecule has 0 radical (unpaired) electrons. The average molecular weight is 356 g/mol. The summed E-state index contributed by atoms with van der Waals surface area (Å²) < 4.78 is 14.2. The highest BCUT2D eigenvalue weighted by Crippen LogP contribution is 2.73. The van der Waals surface area contributed by atoms with Crippen LogP contribution < -0.4 is 4.90 Å². The molecule has 1 aromatic heterocycles. The molecule has 2 aliphatic heterocycles. The van der Waals surface area contributed by atoms with Crippen LogP contribution in [-0.4, -0.2) is 47.0 Å². The van der Waals surface area contributed by atoms with Crippen LogP contribution in [0.2, 0.25) is 0 Å². The van der Waals surface area contributed by atoms with E-state index >= 15 is 0 Å². The minimum absolute atomic E-state index is 0.117. The van der Waals surface area contributed by atoms with E-state index in [4.69, 9.17) is 0 Å². The highest BCUT2D eigenvalue weighted by atomic mass is 19.1. The van der Waals surface area contributed by atoms with Crippen molar-refractivity contribution in [2.24, 2.45) is 35.0 Å². The molecule has 4 aliphatic carbocycles. The van der Waals surface area contributed by atoms with E-state index in [2.05, 4.69) is 19.8 Å². The molecule has 6 heteroatoms. The van der Waals surface area contributed by atoms with Crippen molar-refractivity contribution in [1.82, 2.24) is 14.9 Å². The molecule has 4 atom stereocenters. The third kappa shape index (κ3) is 1.99. The van der Waals surface area contributed by atoms with Crippen LogP contribution in [0.25, 0.3) is 0 Å². The third-order valence-corrected chi connectivity index (χ3v) is 8.09. The first-order valence-electron chi connectivity index (χ1n) is 10.1. The third-order valence-electron chi connectivity index (χ3n) is 8.09. The molecule has 7 rings (SSSR count). The molecule has 4 unspecified atom stereocenters. The number of anilines is 1. The second-order valence-corrected chi connectivity index (χ2v) is 9.43. The van der Waals surface area contributed by atoms with Crippen molar-refractivity contribution in [2.45, 2.75) is 32.6 Å². The fourth-order valence-corrected chi connectivity index (χ4v) is 6.89. The molecule has 1 amide bonds. The molecule has 6 aliphatic rings. The number of nitrogens with zero attached hydrogens (tertiary/aromatic N) is 4. The number of likely N-dealkylation sites (tertiary alicyclic amines) is 1. The van der Waals surface area contributed by atoms with Crippen LogP contribution in [0, 0.1) is 47.7 Å². The van der Waals surface area contributed by atoms with Crippen molar-refractivity contribution in [3.05, 3.63) is 17.8 Å². The van der Waals surface area contributed by atoms with Gasteiger partial charge in [0, 0.05) is 37.5 Å². The van der Waals surface area contributed by atoms with Crippen molar-refractivity contribution >= 4 is 11.7 Å². The van der Waals surface area contributed by atoms with Crippen molar-refractivity contribution in [3.63, 3.8) is 0 Å². The molecule has 26 heavy (non-hydrogen) atoms. The standard InChI is InChI=1S/C20H25FN4O/c1-11-22-8-15(21)18(23-11)24-4-2-20(9-24)3-5-25(10-20)19(26)16-12-6-13-14(7-12)17(13)16/h8,12-14,16-17H,2-7,9-10H2,1H3. The van der Waals surface area contributed by atoms with Gasteiger partial charge >= 0.3 is 0 Å². The quantitative estimate of drug-likeness (QED) is 0.816. The molecule has 1 aromatic rings. The van der Waals surface area contributed by atoms with Gasteiger partial charge in [0.1, 0.15) is 5.82 Å². The van der Waals surface area contributed by atoms with E-state index in [0.717, 1.165) is 56.8 Å². The maximum atomic E-state index is 14.2. The summed E-state index contributed by atoms with van der Waals surface area (Å²) in [6.45, 7) is 5.13. The Morgan fingerprint density at radius 3 is 2.73 bits per heavy atom. The summed E-state index contributed by atoms with van der Waals surface area (Å²) in [5, 5.41) is 0. The minimum atomic E-state index is -0.343. The number of aryl methyl sites for hydroxylation is 1. The minimum Gasteiger partial charge on any atom is -0.353 e. The Morgan fingerprint density at radius 1 is 1.23 bits per heavy atom. The Kier molecular flexibility index (Phi) is 2.93. The van der Waals surface area contributed by atoms with Crippen LogP contribution in [0.4, 0.5) is 10.2 Å². The first kappa shape index (κ1) is 15.3. The lowest BCUT2D eigenvalue weighted by molar-refractivity contribution is -0.136. The zero-order valence-electron chi connectivity index (χ0n) is 15.2. The van der Waals surface area contributed by atoms with Gasteiger partial charge in [0.15, 0.2) is 11.6 Å². The molecular formula is C20H25FN4O. The van der Waals surface area contributed by atoms with Crippen LogP contribution in [0.15, 0.2) is 6.20 Å². The second-order valence-electron chi connectivity index (χ2n) is 9.43. The Morgan fingerprint density at radius 2 is 2.00 bits per heavy atom. The summed E-state index contributed by atoms with van der Waals surface area (Å²) in [7, 11) is 0. The Balaban J connectivity index is 1.17. The normalized spacial score (nSPS) is 42.3. The highest BCUT2D eigenvalue weighted by molar-refractivity contribution is 5.81. The average Bonchev–Trinajstić information content (AvgIpc) is 3.25. The van der Waals surface area contributed by atoms with Crippen molar-refractivity contribution in [1.29, 1.82) is 0 Å². The van der Waals surface area contributed by atoms with Gasteiger partial charge in [-0.15, -0.1) is 0 Å². The first-order chi connectivity index (χ1) is 12.5. The van der Waals surface area contributed by atoms with E-state index in [1.54, 1.807) is 6.92 Å². The van der Waals surface area contributed by atoms with Gasteiger partial charge in [0.05, 0.1) is 6.20 Å². The summed E-state index contributed by atoms with van der Waals surface area (Å²) in [5.74, 6) is 4.62. The van der Waals surface area contributed by atoms with E-state index in [9.17, 15) is 9.18 Å². The Labute approximate surface area is 153 Å². The number of halogens is 1. The molecule has 4 saturated carbocycles. The first-order valence-corrected chi connectivity index (χ1v) is 10.1. The van der Waals surface area contributed by atoms with Crippen LogP contribution >= 0.6 is 0 Å². The molecule has 0 N–H and O–H groups in total. The number of carbonyl (C=O) groups excluding carboxylic acids is 1. The van der Waals surface area contributed by atoms with Crippen molar-refractivity contribution < 1.29 is 9.18 Å². The lowest BCUT2D eigenvalue weighted by Gasteiger charge is -2.27. The number of hydrogen-bond acceptors (Lipinski definition) is 4. The number of rotatable bonds is 2. The van der Waals surface area contributed by atoms with Gasteiger partial charge in [-0.25, -0.2) is 14.4 Å². The molecule has 6 fully saturated rings. The van der Waals surface area contributed by atoms with E-state index in [-0.39, 0.29) is 11.2 Å². The van der Waals surface area contributed by atoms with Crippen LogP contribution in [0.1, 0.15) is 31.5 Å². The van der Waals surface area contributed by atoms with Gasteiger partial charge in [-0.3, -0.25) is 4.79 Å². The fourth-order valence-electron chi connectivity index (χ4n) is 6.89. The molecule has 1 spiro atoms. The van der Waals surface area contributed by atoms with Gasteiger partial charge in [0.25, 0.3) is 0 Å². The van der Waals surface area contributed by atoms with Crippen LogP contribution in [0.5, 0.6) is 0 Å². The zero-order chi connectivity index (χ0) is 17.6. The van der Waals surface area contributed by atoms with Crippen molar-refractivity contribution in [3.8, 4) is 0 Å². The van der Waals surface area contributed by atoms with Gasteiger partial charge in [-0.2, -0.15) is 0 Å². The topological polar surface area (TPSA) is 49.3 Å². The summed E-state index contributed by atoms with van der Waals surface area (Å²) in [6.07, 6.45) is 5.94. The van der Waals surface area contributed by atoms with E-state index in [1.807, 2.05) is 0 Å². The Hall–Kier alpha value is -1.72. The number of aromatic nitrogens is 2. The summed E-state index contributed by atoms with van der Waals surface area (Å²) in [5.41, 5.74) is 0.117. The summed E-state index contributed by atoms with van der Waals surface area (Å²) >= 11 is 0. The highest BCUT2D eigenvalue weighted by Gasteiger charge is 2.70. The molecule has 4 bridgehead atoms. The van der Waals surface area contributed by atoms with Gasteiger partial charge in [-0.05, 0) is 56.3 Å². The number of hydrogen-bond donors (Lipinski definition) is 0. The summed E-state index contributed by atoms with van der Waals surface area (Å²) in [4.78, 5) is 25.6. The van der Waals surface area contributed by atoms with Crippen LogP contribution in [0.3, 0.4) is 0 Å². The number of amides is 1. The van der Waals surface area contributed by atoms with Crippen molar-refractivity contribution in [2.75, 3.05) is 31.1 Å². The fraction of sp³-hybridized carbons (Fsp3) is 0.750. The van der Waals surface area contributed by atoms with Crippen LogP contribution in [-0.2, 0) is 4.79 Å². The lowest BCUT2D eigenvalue weighted by atomic mass is 9.86. The van der Waals surface area contributed by atoms with Gasteiger partial charge in [0.2, 0.25) is 5.91 Å². The molecule has 138 valence electrons. The molecule has 0 aromatic carbocycles. The summed E-state index contributed by atoms with van der Waals surface area (Å²) in [6, 6.07) is 0. The van der Waals surface area contributed by atoms with E-state index < -0.39 is 0 Å². The maximum Gasteiger partial charge on any atom is 0.226 e. The molecule has 2 saturated heterocycles. The number of carbonyl (C=O) groups is 1. The van der Waals surface area contributed by atoms with E-state index in [0.29, 0.717) is 29.4 Å². The predicted octanol–water partition coefficient (Wildman–Crippen LogP) is 2.25. The van der Waals surface area contributed by atoms with Gasteiger partial charge in [-0.1, -0.05) is 0 Å². The predicted molar refractivity (Wildman–Crippen MR) is 93.9 cm³/mol. The SMILES string of the molecule is Cc1ncc(F)c(N2CCC3(CCN(C(=O)C4C5CC6C(C5)C64)C3)C2)n1. The monoisotopic (exact) mass is 356 g/mol. The van der Waals surface area contributed by atoms with E-state index in [1.165, 1.54) is 19.0 Å². The Bertz CT molecular complexity index is 786. The second kappa shape index (κ2) is 4.96. The molecule has 3 heterocycles.